The van der Waals surface area contributed by atoms with Gasteiger partial charge in [-0.1, -0.05) is 36.7 Å². The Bertz CT molecular complexity index is 262. The zero-order valence-corrected chi connectivity index (χ0v) is 10.8. The molecule has 0 radical (unpaired) electrons. The third-order valence-electron chi connectivity index (χ3n) is 2.04. The zero-order valence-electron chi connectivity index (χ0n) is 8.41. The monoisotopic (exact) mass is 262 g/mol. The molecule has 0 aliphatic rings. The largest absolute Gasteiger partial charge is 0.225 e. The van der Waals surface area contributed by atoms with Gasteiger partial charge in [-0.05, 0) is 24.4 Å². The lowest BCUT2D eigenvalue weighted by molar-refractivity contribution is 0.496. The highest BCUT2D eigenvalue weighted by Crippen LogP contribution is 2.32. The number of hydrogen-bond acceptors (Lipinski definition) is 3. The summed E-state index contributed by atoms with van der Waals surface area (Å²) in [5.74, 6) is 1.96. The molecule has 2 atom stereocenters. The molecule has 1 rings (SSSR count). The number of hydrogen-bond donors (Lipinski definition) is 0. The standard InChI is InChI=1S/C9H15BrN2S/c1-5(2)8(6(3)10)9-11-7(4)12-13-9/h5-6,8H,1-4H3. The Morgan fingerprint density at radius 1 is 1.31 bits per heavy atom. The highest BCUT2D eigenvalue weighted by atomic mass is 79.9. The molecule has 0 amide bonds. The molecule has 2 unspecified atom stereocenters. The van der Waals surface area contributed by atoms with Crippen LogP contribution >= 0.6 is 27.5 Å². The number of aromatic nitrogens is 2. The second kappa shape index (κ2) is 4.51. The van der Waals surface area contributed by atoms with E-state index in [0.29, 0.717) is 16.7 Å². The van der Waals surface area contributed by atoms with Gasteiger partial charge < -0.3 is 0 Å². The van der Waals surface area contributed by atoms with Crippen molar-refractivity contribution in [2.45, 2.75) is 38.4 Å². The first-order valence-corrected chi connectivity index (χ1v) is 6.15. The van der Waals surface area contributed by atoms with Gasteiger partial charge in [-0.15, -0.1) is 0 Å². The summed E-state index contributed by atoms with van der Waals surface area (Å²) in [5.41, 5.74) is 0. The van der Waals surface area contributed by atoms with Gasteiger partial charge in [0.2, 0.25) is 0 Å². The van der Waals surface area contributed by atoms with Crippen molar-refractivity contribution in [2.75, 3.05) is 0 Å². The van der Waals surface area contributed by atoms with Gasteiger partial charge in [-0.2, -0.15) is 4.37 Å². The minimum atomic E-state index is 0.458. The van der Waals surface area contributed by atoms with Crippen LogP contribution in [-0.2, 0) is 0 Å². The molecule has 0 saturated heterocycles. The van der Waals surface area contributed by atoms with Crippen LogP contribution in [0, 0.1) is 12.8 Å². The molecule has 0 aliphatic carbocycles. The Morgan fingerprint density at radius 2 is 1.92 bits per heavy atom. The molecule has 0 N–H and O–H groups in total. The predicted molar refractivity (Wildman–Crippen MR) is 60.6 cm³/mol. The molecule has 1 aromatic rings. The summed E-state index contributed by atoms with van der Waals surface area (Å²) in [4.78, 5) is 4.89. The van der Waals surface area contributed by atoms with E-state index in [1.165, 1.54) is 11.5 Å². The Labute approximate surface area is 92.1 Å². The summed E-state index contributed by atoms with van der Waals surface area (Å²) in [6.07, 6.45) is 0. The van der Waals surface area contributed by atoms with Crippen molar-refractivity contribution >= 4 is 27.5 Å². The second-order valence-corrected chi connectivity index (χ2v) is 5.85. The third kappa shape index (κ3) is 2.74. The summed E-state index contributed by atoms with van der Waals surface area (Å²) >= 11 is 5.15. The van der Waals surface area contributed by atoms with E-state index >= 15 is 0 Å². The first-order chi connectivity index (χ1) is 6.02. The Balaban J connectivity index is 2.88. The smallest absolute Gasteiger partial charge is 0.139 e. The van der Waals surface area contributed by atoms with Gasteiger partial charge >= 0.3 is 0 Å². The lowest BCUT2D eigenvalue weighted by Gasteiger charge is -2.20. The van der Waals surface area contributed by atoms with E-state index in [1.807, 2.05) is 6.92 Å². The molecule has 0 saturated carbocycles. The lowest BCUT2D eigenvalue weighted by atomic mass is 9.94. The van der Waals surface area contributed by atoms with Crippen LogP contribution in [0.5, 0.6) is 0 Å². The minimum absolute atomic E-state index is 0.458. The molecule has 1 heterocycles. The fourth-order valence-electron chi connectivity index (χ4n) is 1.46. The molecule has 74 valence electrons. The van der Waals surface area contributed by atoms with E-state index in [4.69, 9.17) is 0 Å². The van der Waals surface area contributed by atoms with Gasteiger partial charge in [0.1, 0.15) is 10.8 Å². The SMILES string of the molecule is Cc1nsc(C(C(C)C)C(C)Br)n1. The van der Waals surface area contributed by atoms with Crippen LogP contribution in [0.1, 0.15) is 37.5 Å². The van der Waals surface area contributed by atoms with Crippen LogP contribution in [0.4, 0.5) is 0 Å². The number of aryl methyl sites for hydroxylation is 1. The quantitative estimate of drug-likeness (QED) is 0.781. The van der Waals surface area contributed by atoms with Crippen molar-refractivity contribution in [2.24, 2.45) is 5.92 Å². The number of nitrogens with zero attached hydrogens (tertiary/aromatic N) is 2. The molecule has 13 heavy (non-hydrogen) atoms. The van der Waals surface area contributed by atoms with Crippen molar-refractivity contribution in [1.29, 1.82) is 0 Å². The number of rotatable bonds is 3. The third-order valence-corrected chi connectivity index (χ3v) is 3.52. The van der Waals surface area contributed by atoms with Crippen LogP contribution in [0.25, 0.3) is 0 Å². The van der Waals surface area contributed by atoms with Crippen LogP contribution in [0.3, 0.4) is 0 Å². The molecule has 4 heteroatoms. The topological polar surface area (TPSA) is 25.8 Å². The number of alkyl halides is 1. The fraction of sp³-hybridized carbons (Fsp3) is 0.778. The van der Waals surface area contributed by atoms with E-state index in [1.54, 1.807) is 0 Å². The Kier molecular flexibility index (Phi) is 3.86. The van der Waals surface area contributed by atoms with Gasteiger partial charge in [0.15, 0.2) is 0 Å². The van der Waals surface area contributed by atoms with Gasteiger partial charge in [-0.25, -0.2) is 4.98 Å². The molecule has 1 aromatic heterocycles. The predicted octanol–water partition coefficient (Wildman–Crippen LogP) is 3.37. The van der Waals surface area contributed by atoms with Gasteiger partial charge in [0.05, 0.1) is 0 Å². The summed E-state index contributed by atoms with van der Waals surface area (Å²) in [5, 5.41) is 1.15. The summed E-state index contributed by atoms with van der Waals surface area (Å²) in [6, 6.07) is 0. The average molecular weight is 263 g/mol. The van der Waals surface area contributed by atoms with Gasteiger partial charge in [0, 0.05) is 10.7 Å². The highest BCUT2D eigenvalue weighted by molar-refractivity contribution is 9.09. The zero-order chi connectivity index (χ0) is 10.0. The normalized spacial score (nSPS) is 16.2. The number of halogens is 1. The van der Waals surface area contributed by atoms with Crippen molar-refractivity contribution in [3.05, 3.63) is 10.8 Å². The Hall–Kier alpha value is 0.0400. The van der Waals surface area contributed by atoms with Gasteiger partial charge in [-0.3, -0.25) is 0 Å². The maximum Gasteiger partial charge on any atom is 0.139 e. The summed E-state index contributed by atoms with van der Waals surface area (Å²) < 4.78 is 4.21. The molecule has 0 bridgehead atoms. The van der Waals surface area contributed by atoms with Crippen LogP contribution < -0.4 is 0 Å². The van der Waals surface area contributed by atoms with E-state index in [9.17, 15) is 0 Å². The van der Waals surface area contributed by atoms with E-state index < -0.39 is 0 Å². The summed E-state index contributed by atoms with van der Waals surface area (Å²) in [7, 11) is 0. The second-order valence-electron chi connectivity index (χ2n) is 3.63. The molecule has 2 nitrogen and oxygen atoms in total. The molecule has 0 aromatic carbocycles. The molecule has 0 spiro atoms. The molecule has 0 fully saturated rings. The molecule has 0 aliphatic heterocycles. The Morgan fingerprint density at radius 3 is 2.23 bits per heavy atom. The highest BCUT2D eigenvalue weighted by Gasteiger charge is 2.24. The first-order valence-electron chi connectivity index (χ1n) is 4.46. The molecular formula is C9H15BrN2S. The lowest BCUT2D eigenvalue weighted by Crippen LogP contribution is -2.15. The average Bonchev–Trinajstić information content (AvgIpc) is 2.34. The van der Waals surface area contributed by atoms with Crippen molar-refractivity contribution in [3.63, 3.8) is 0 Å². The van der Waals surface area contributed by atoms with E-state index in [0.717, 1.165) is 10.8 Å². The van der Waals surface area contributed by atoms with Crippen LogP contribution in [-0.4, -0.2) is 14.2 Å². The van der Waals surface area contributed by atoms with E-state index in [-0.39, 0.29) is 0 Å². The first kappa shape index (κ1) is 11.1. The van der Waals surface area contributed by atoms with E-state index in [2.05, 4.69) is 46.1 Å². The minimum Gasteiger partial charge on any atom is -0.225 e. The van der Waals surface area contributed by atoms with Crippen LogP contribution in [0.15, 0.2) is 0 Å². The van der Waals surface area contributed by atoms with Crippen LogP contribution in [0.2, 0.25) is 0 Å². The summed E-state index contributed by atoms with van der Waals surface area (Å²) in [6.45, 7) is 8.55. The van der Waals surface area contributed by atoms with Crippen molar-refractivity contribution in [1.82, 2.24) is 9.36 Å². The van der Waals surface area contributed by atoms with Crippen molar-refractivity contribution < 1.29 is 0 Å². The maximum absolute atomic E-state index is 4.43. The fourth-order valence-corrected chi connectivity index (χ4v) is 3.53. The van der Waals surface area contributed by atoms with Crippen molar-refractivity contribution in [3.8, 4) is 0 Å². The van der Waals surface area contributed by atoms with Gasteiger partial charge in [0.25, 0.3) is 0 Å². The molecular weight excluding hydrogens is 248 g/mol. The maximum atomic E-state index is 4.43.